The van der Waals surface area contributed by atoms with Crippen molar-refractivity contribution in [3.63, 3.8) is 0 Å². The van der Waals surface area contributed by atoms with Crippen LogP contribution in [0.15, 0.2) is 77.9 Å². The zero-order valence-electron chi connectivity index (χ0n) is 19.2. The van der Waals surface area contributed by atoms with Crippen LogP contribution >= 0.6 is 11.6 Å². The van der Waals surface area contributed by atoms with E-state index in [-0.39, 0.29) is 5.69 Å². The van der Waals surface area contributed by atoms with Gasteiger partial charge in [-0.1, -0.05) is 67.4 Å². The van der Waals surface area contributed by atoms with Crippen molar-refractivity contribution in [2.24, 2.45) is 0 Å². The molecule has 1 N–H and O–H groups in total. The zero-order valence-corrected chi connectivity index (χ0v) is 20.0. The molecule has 35 heavy (non-hydrogen) atoms. The number of tetrazole rings is 1. The van der Waals surface area contributed by atoms with Crippen LogP contribution in [0.25, 0.3) is 28.3 Å². The summed E-state index contributed by atoms with van der Waals surface area (Å²) in [5.41, 5.74) is 5.20. The molecule has 0 atom stereocenters. The van der Waals surface area contributed by atoms with E-state index in [0.717, 1.165) is 41.6 Å². The second kappa shape index (κ2) is 10.1. The lowest BCUT2D eigenvalue weighted by Crippen LogP contribution is -2.25. The van der Waals surface area contributed by atoms with Gasteiger partial charge in [-0.25, -0.2) is 9.89 Å². The summed E-state index contributed by atoms with van der Waals surface area (Å²) in [5, 5.41) is 14.6. The van der Waals surface area contributed by atoms with Crippen LogP contribution < -0.4 is 5.69 Å². The molecule has 5 aromatic rings. The van der Waals surface area contributed by atoms with Crippen LogP contribution in [0.3, 0.4) is 0 Å². The van der Waals surface area contributed by atoms with Gasteiger partial charge in [-0.05, 0) is 52.6 Å². The molecule has 3 aromatic heterocycles. The smallest absolute Gasteiger partial charge is 0.292 e. The monoisotopic (exact) mass is 485 g/mol. The van der Waals surface area contributed by atoms with Gasteiger partial charge < -0.3 is 0 Å². The molecular weight excluding hydrogens is 462 g/mol. The summed E-state index contributed by atoms with van der Waals surface area (Å²) in [6.45, 7) is 2.62. The van der Waals surface area contributed by atoms with Gasteiger partial charge in [0.25, 0.3) is 0 Å². The Labute approximate surface area is 207 Å². The third-order valence-electron chi connectivity index (χ3n) is 5.94. The molecule has 5 rings (SSSR count). The Bertz CT molecular complexity index is 1490. The first-order valence-corrected chi connectivity index (χ1v) is 11.9. The summed E-state index contributed by atoms with van der Waals surface area (Å²) in [4.78, 5) is 17.9. The first-order valence-electron chi connectivity index (χ1n) is 11.5. The number of hydrogen-bond acceptors (Lipinski definition) is 5. The molecule has 0 spiro atoms. The maximum Gasteiger partial charge on any atom is 0.333 e. The van der Waals surface area contributed by atoms with Crippen molar-refractivity contribution < 1.29 is 0 Å². The number of hydrogen-bond donors (Lipinski definition) is 1. The third-order valence-corrected chi connectivity index (χ3v) is 6.26. The Kier molecular flexibility index (Phi) is 6.54. The number of nitrogens with one attached hydrogen (secondary N) is 1. The highest BCUT2D eigenvalue weighted by Gasteiger charge is 2.15. The van der Waals surface area contributed by atoms with Crippen LogP contribution in [0.5, 0.6) is 0 Å². The fourth-order valence-corrected chi connectivity index (χ4v) is 4.36. The number of benzene rings is 2. The number of aryl methyl sites for hydroxylation is 1. The second-order valence-electron chi connectivity index (χ2n) is 8.26. The third kappa shape index (κ3) is 4.65. The van der Waals surface area contributed by atoms with Crippen molar-refractivity contribution in [2.75, 3.05) is 0 Å². The minimum absolute atomic E-state index is 0.0966. The number of para-hydroxylation sites is 1. The fourth-order valence-electron chi connectivity index (χ4n) is 4.13. The molecule has 0 aliphatic carbocycles. The predicted octanol–water partition coefficient (Wildman–Crippen LogP) is 4.93. The Morgan fingerprint density at radius 3 is 2.60 bits per heavy atom. The van der Waals surface area contributed by atoms with Crippen molar-refractivity contribution in [3.8, 4) is 28.3 Å². The van der Waals surface area contributed by atoms with Crippen molar-refractivity contribution >= 4 is 11.6 Å². The van der Waals surface area contributed by atoms with Gasteiger partial charge in [0.05, 0.1) is 17.3 Å². The number of aromatic nitrogens is 7. The number of H-pyrrole nitrogens is 1. The summed E-state index contributed by atoms with van der Waals surface area (Å²) < 4.78 is 3.48. The molecular formula is C26H24ClN7O. The van der Waals surface area contributed by atoms with E-state index in [1.165, 1.54) is 0 Å². The van der Waals surface area contributed by atoms with E-state index in [1.54, 1.807) is 16.8 Å². The first kappa shape index (κ1) is 22.7. The van der Waals surface area contributed by atoms with E-state index >= 15 is 0 Å². The average molecular weight is 486 g/mol. The quantitative estimate of drug-likeness (QED) is 0.336. The van der Waals surface area contributed by atoms with E-state index in [9.17, 15) is 4.79 Å². The summed E-state index contributed by atoms with van der Waals surface area (Å²) in [6, 6.07) is 19.4. The van der Waals surface area contributed by atoms with Gasteiger partial charge in [-0.15, -0.1) is 5.10 Å². The number of aromatic amines is 1. The summed E-state index contributed by atoms with van der Waals surface area (Å²) in [6.07, 6.45) is 6.51. The average Bonchev–Trinajstić information content (AvgIpc) is 3.53. The lowest BCUT2D eigenvalue weighted by molar-refractivity contribution is 0.674. The number of nitrogens with zero attached hydrogens (tertiary/aromatic N) is 6. The number of pyridine rings is 1. The molecule has 2 aromatic carbocycles. The van der Waals surface area contributed by atoms with E-state index < -0.39 is 0 Å². The Balaban J connectivity index is 1.47. The van der Waals surface area contributed by atoms with Crippen molar-refractivity contribution in [2.45, 2.75) is 32.7 Å². The molecule has 0 radical (unpaired) electrons. The van der Waals surface area contributed by atoms with Gasteiger partial charge in [0.1, 0.15) is 5.69 Å². The van der Waals surface area contributed by atoms with Crippen LogP contribution in [-0.2, 0) is 13.0 Å². The second-order valence-corrected chi connectivity index (χ2v) is 8.67. The molecule has 0 aliphatic rings. The van der Waals surface area contributed by atoms with Crippen LogP contribution in [0.4, 0.5) is 0 Å². The minimum atomic E-state index is -0.0966. The minimum Gasteiger partial charge on any atom is -0.292 e. The molecule has 8 nitrogen and oxygen atoms in total. The fraction of sp³-hybridized carbons (Fsp3) is 0.192. The highest BCUT2D eigenvalue weighted by molar-refractivity contribution is 6.32. The van der Waals surface area contributed by atoms with Crippen LogP contribution in [0.2, 0.25) is 5.02 Å². The maximum absolute atomic E-state index is 13.4. The largest absolute Gasteiger partial charge is 0.333 e. The molecule has 0 fully saturated rings. The van der Waals surface area contributed by atoms with E-state index in [4.69, 9.17) is 11.6 Å². The first-order chi connectivity index (χ1) is 17.2. The number of imidazole rings is 1. The zero-order chi connectivity index (χ0) is 24.2. The normalized spacial score (nSPS) is 11.1. The highest BCUT2D eigenvalue weighted by atomic mass is 35.5. The summed E-state index contributed by atoms with van der Waals surface area (Å²) in [7, 11) is 0. The van der Waals surface area contributed by atoms with Gasteiger partial charge in [0.15, 0.2) is 5.82 Å². The molecule has 0 saturated heterocycles. The maximum atomic E-state index is 13.4. The van der Waals surface area contributed by atoms with Gasteiger partial charge in [-0.2, -0.15) is 0 Å². The summed E-state index contributed by atoms with van der Waals surface area (Å²) >= 11 is 6.39. The molecule has 9 heteroatoms. The Morgan fingerprint density at radius 2 is 1.86 bits per heavy atom. The molecule has 0 saturated carbocycles. The standard InChI is InChI=1S/C26H24ClN7O/c1-2-3-7-20-17-34(23-10-5-4-9-22(23)27)26(35)33(20)16-18-11-13-19(14-12-18)21-8-6-15-28-24(21)25-29-31-32-30-25/h4-6,8-15,17H,2-3,7,16H2,1H3,(H,29,30,31,32). The lowest BCUT2D eigenvalue weighted by Gasteiger charge is -2.10. The van der Waals surface area contributed by atoms with Gasteiger partial charge in [0, 0.05) is 23.7 Å². The van der Waals surface area contributed by atoms with Gasteiger partial charge in [-0.3, -0.25) is 14.1 Å². The van der Waals surface area contributed by atoms with Crippen LogP contribution in [0, 0.1) is 0 Å². The van der Waals surface area contributed by atoms with Crippen molar-refractivity contribution in [1.82, 2.24) is 34.7 Å². The van der Waals surface area contributed by atoms with Crippen molar-refractivity contribution in [1.29, 1.82) is 0 Å². The topological polar surface area (TPSA) is 94.3 Å². The van der Waals surface area contributed by atoms with Gasteiger partial charge >= 0.3 is 5.69 Å². The molecule has 0 amide bonds. The van der Waals surface area contributed by atoms with E-state index in [0.29, 0.717) is 28.8 Å². The number of halogens is 1. The van der Waals surface area contributed by atoms with Crippen LogP contribution in [0.1, 0.15) is 31.0 Å². The molecule has 0 aliphatic heterocycles. The van der Waals surface area contributed by atoms with Gasteiger partial charge in [0.2, 0.25) is 0 Å². The van der Waals surface area contributed by atoms with E-state index in [2.05, 4.69) is 32.5 Å². The van der Waals surface area contributed by atoms with E-state index in [1.807, 2.05) is 65.4 Å². The van der Waals surface area contributed by atoms with Crippen LogP contribution in [-0.4, -0.2) is 34.7 Å². The number of rotatable bonds is 8. The Morgan fingerprint density at radius 1 is 1.03 bits per heavy atom. The highest BCUT2D eigenvalue weighted by Crippen LogP contribution is 2.28. The molecule has 176 valence electrons. The predicted molar refractivity (Wildman–Crippen MR) is 136 cm³/mol. The number of unbranched alkanes of at least 4 members (excludes halogenated alkanes) is 1. The molecule has 0 unspecified atom stereocenters. The Hall–Kier alpha value is -4.04. The van der Waals surface area contributed by atoms with Crippen molar-refractivity contribution in [3.05, 3.63) is 99.8 Å². The lowest BCUT2D eigenvalue weighted by atomic mass is 10.0. The summed E-state index contributed by atoms with van der Waals surface area (Å²) in [5.74, 6) is 0.512. The molecule has 0 bridgehead atoms. The molecule has 3 heterocycles. The SMILES string of the molecule is CCCCc1cn(-c2ccccc2Cl)c(=O)n1Cc1ccc(-c2cccnc2-c2nnn[nH]2)cc1.